The number of anilines is 1. The summed E-state index contributed by atoms with van der Waals surface area (Å²) >= 11 is 4.05. The van der Waals surface area contributed by atoms with Gasteiger partial charge < -0.3 is 10.1 Å². The standard InChI is InChI=1S/C11H11I2NO3/c1-2-17-11(16)7-3-5-8(6-4-7)14-10(15)9(12)13/h3-6,9H,2H2,1H3,(H,14,15). The second-order valence-electron chi connectivity index (χ2n) is 3.09. The first-order valence-electron chi connectivity index (χ1n) is 4.90. The molecule has 0 fully saturated rings. The van der Waals surface area contributed by atoms with Gasteiger partial charge in [0.1, 0.15) is 1.93 Å². The van der Waals surface area contributed by atoms with Gasteiger partial charge in [-0.1, -0.05) is 45.2 Å². The highest BCUT2D eigenvalue weighted by molar-refractivity contribution is 14.2. The highest BCUT2D eigenvalue weighted by Crippen LogP contribution is 2.15. The predicted molar refractivity (Wildman–Crippen MR) is 82.9 cm³/mol. The zero-order valence-electron chi connectivity index (χ0n) is 9.07. The molecule has 0 spiro atoms. The number of amides is 1. The molecule has 0 bridgehead atoms. The minimum absolute atomic E-state index is 0.0740. The summed E-state index contributed by atoms with van der Waals surface area (Å²) in [7, 11) is 0. The topological polar surface area (TPSA) is 55.4 Å². The molecule has 1 N–H and O–H groups in total. The number of ether oxygens (including phenoxy) is 1. The van der Waals surface area contributed by atoms with Crippen molar-refractivity contribution in [3.8, 4) is 0 Å². The first kappa shape index (κ1) is 14.7. The van der Waals surface area contributed by atoms with Crippen molar-refractivity contribution in [2.24, 2.45) is 0 Å². The van der Waals surface area contributed by atoms with Crippen LogP contribution >= 0.6 is 45.2 Å². The molecule has 17 heavy (non-hydrogen) atoms. The van der Waals surface area contributed by atoms with Crippen LogP contribution in [0.15, 0.2) is 24.3 Å². The fourth-order valence-corrected chi connectivity index (χ4v) is 1.41. The average molecular weight is 459 g/mol. The van der Waals surface area contributed by atoms with E-state index in [1.807, 2.05) is 45.2 Å². The number of hydrogen-bond donors (Lipinski definition) is 1. The van der Waals surface area contributed by atoms with Gasteiger partial charge in [0.25, 0.3) is 0 Å². The Kier molecular flexibility index (Phi) is 6.17. The third-order valence-corrected chi connectivity index (χ3v) is 2.99. The van der Waals surface area contributed by atoms with Crippen LogP contribution in [0.1, 0.15) is 17.3 Å². The molecule has 92 valence electrons. The molecule has 1 aromatic carbocycles. The fraction of sp³-hybridized carbons (Fsp3) is 0.273. The van der Waals surface area contributed by atoms with Crippen LogP contribution in [-0.2, 0) is 9.53 Å². The lowest BCUT2D eigenvalue weighted by Crippen LogP contribution is -2.17. The molecule has 1 rings (SSSR count). The molecule has 0 heterocycles. The normalized spacial score (nSPS) is 10.1. The van der Waals surface area contributed by atoms with Crippen LogP contribution in [0, 0.1) is 0 Å². The van der Waals surface area contributed by atoms with E-state index in [4.69, 9.17) is 4.74 Å². The number of hydrogen-bond acceptors (Lipinski definition) is 3. The first-order chi connectivity index (χ1) is 8.04. The largest absolute Gasteiger partial charge is 0.462 e. The maximum absolute atomic E-state index is 11.4. The molecule has 0 aliphatic heterocycles. The summed E-state index contributed by atoms with van der Waals surface area (Å²) in [6.07, 6.45) is 0. The second-order valence-corrected chi connectivity index (χ2v) is 7.96. The van der Waals surface area contributed by atoms with Crippen molar-refractivity contribution in [3.05, 3.63) is 29.8 Å². The average Bonchev–Trinajstić information content (AvgIpc) is 2.30. The van der Waals surface area contributed by atoms with E-state index in [9.17, 15) is 9.59 Å². The van der Waals surface area contributed by atoms with E-state index in [0.29, 0.717) is 17.9 Å². The Bertz CT molecular complexity index is 404. The molecule has 0 aliphatic carbocycles. The molecular weight excluding hydrogens is 448 g/mol. The van der Waals surface area contributed by atoms with Gasteiger partial charge in [-0.05, 0) is 31.2 Å². The van der Waals surface area contributed by atoms with Crippen molar-refractivity contribution < 1.29 is 14.3 Å². The summed E-state index contributed by atoms with van der Waals surface area (Å²) in [4.78, 5) is 22.8. The summed E-state index contributed by atoms with van der Waals surface area (Å²) in [6, 6.07) is 6.62. The van der Waals surface area contributed by atoms with Gasteiger partial charge in [0.15, 0.2) is 0 Å². The van der Waals surface area contributed by atoms with Crippen LogP contribution in [0.5, 0.6) is 0 Å². The minimum atomic E-state index is -0.356. The summed E-state index contributed by atoms with van der Waals surface area (Å²) in [5.74, 6) is -0.430. The number of nitrogens with one attached hydrogen (secondary N) is 1. The van der Waals surface area contributed by atoms with Crippen molar-refractivity contribution in [1.29, 1.82) is 0 Å². The van der Waals surface area contributed by atoms with E-state index in [0.717, 1.165) is 0 Å². The molecule has 1 aromatic rings. The molecule has 4 nitrogen and oxygen atoms in total. The van der Waals surface area contributed by atoms with E-state index >= 15 is 0 Å². The smallest absolute Gasteiger partial charge is 0.338 e. The molecule has 6 heteroatoms. The lowest BCUT2D eigenvalue weighted by molar-refractivity contribution is -0.113. The van der Waals surface area contributed by atoms with Crippen molar-refractivity contribution >= 4 is 62.7 Å². The Balaban J connectivity index is 2.68. The lowest BCUT2D eigenvalue weighted by atomic mass is 10.2. The van der Waals surface area contributed by atoms with E-state index in [-0.39, 0.29) is 13.8 Å². The Morgan fingerprint density at radius 1 is 1.29 bits per heavy atom. The van der Waals surface area contributed by atoms with Gasteiger partial charge in [-0.15, -0.1) is 0 Å². The summed E-state index contributed by atoms with van der Waals surface area (Å²) in [5, 5.41) is 2.73. The number of benzene rings is 1. The van der Waals surface area contributed by atoms with Gasteiger partial charge in [0.2, 0.25) is 5.91 Å². The van der Waals surface area contributed by atoms with Crippen molar-refractivity contribution in [3.63, 3.8) is 0 Å². The van der Waals surface area contributed by atoms with Gasteiger partial charge in [-0.25, -0.2) is 4.79 Å². The predicted octanol–water partition coefficient (Wildman–Crippen LogP) is 3.00. The molecule has 0 aromatic heterocycles. The fourth-order valence-electron chi connectivity index (χ4n) is 1.10. The van der Waals surface area contributed by atoms with Crippen molar-refractivity contribution in [1.82, 2.24) is 0 Å². The van der Waals surface area contributed by atoms with Crippen LogP contribution in [0.2, 0.25) is 0 Å². The van der Waals surface area contributed by atoms with Gasteiger partial charge in [-0.3, -0.25) is 4.79 Å². The zero-order valence-corrected chi connectivity index (χ0v) is 13.4. The molecule has 0 unspecified atom stereocenters. The molecule has 0 radical (unpaired) electrons. The van der Waals surface area contributed by atoms with Crippen LogP contribution < -0.4 is 5.32 Å². The van der Waals surface area contributed by atoms with Crippen molar-refractivity contribution in [2.75, 3.05) is 11.9 Å². The first-order valence-corrected chi connectivity index (χ1v) is 7.40. The highest BCUT2D eigenvalue weighted by Gasteiger charge is 2.11. The summed E-state index contributed by atoms with van der Waals surface area (Å²) in [6.45, 7) is 2.11. The van der Waals surface area contributed by atoms with Crippen LogP contribution in [0.3, 0.4) is 0 Å². The van der Waals surface area contributed by atoms with Crippen LogP contribution in [0.25, 0.3) is 0 Å². The number of rotatable bonds is 4. The third-order valence-electron chi connectivity index (χ3n) is 1.86. The molecule has 0 aliphatic rings. The summed E-state index contributed by atoms with van der Waals surface area (Å²) in [5.41, 5.74) is 1.15. The van der Waals surface area contributed by atoms with E-state index in [1.165, 1.54) is 0 Å². The molecule has 0 atom stereocenters. The lowest BCUT2D eigenvalue weighted by Gasteiger charge is -2.06. The molecule has 0 saturated heterocycles. The molecule has 1 amide bonds. The van der Waals surface area contributed by atoms with Gasteiger partial charge in [0, 0.05) is 5.69 Å². The number of esters is 1. The number of alkyl halides is 2. The third kappa shape index (κ3) is 4.78. The van der Waals surface area contributed by atoms with E-state index in [2.05, 4.69) is 5.32 Å². The SMILES string of the molecule is CCOC(=O)c1ccc(NC(=O)C(I)I)cc1. The molecular formula is C11H11I2NO3. The zero-order chi connectivity index (χ0) is 12.8. The van der Waals surface area contributed by atoms with E-state index in [1.54, 1.807) is 31.2 Å². The quantitative estimate of drug-likeness (QED) is 0.428. The highest BCUT2D eigenvalue weighted by atomic mass is 127. The number of carbonyl (C=O) groups excluding carboxylic acids is 2. The minimum Gasteiger partial charge on any atom is -0.462 e. The van der Waals surface area contributed by atoms with Gasteiger partial charge >= 0.3 is 5.97 Å². The maximum Gasteiger partial charge on any atom is 0.338 e. The summed E-state index contributed by atoms with van der Waals surface area (Å²) < 4.78 is 4.73. The Labute approximate surface area is 127 Å². The number of halogens is 2. The van der Waals surface area contributed by atoms with Crippen LogP contribution in [-0.4, -0.2) is 20.4 Å². The Morgan fingerprint density at radius 3 is 2.35 bits per heavy atom. The van der Waals surface area contributed by atoms with Gasteiger partial charge in [-0.2, -0.15) is 0 Å². The van der Waals surface area contributed by atoms with Crippen molar-refractivity contribution in [2.45, 2.75) is 8.86 Å². The van der Waals surface area contributed by atoms with Gasteiger partial charge in [0.05, 0.1) is 12.2 Å². The molecule has 0 saturated carbocycles. The monoisotopic (exact) mass is 459 g/mol. The Hall–Kier alpha value is -0.380. The number of carbonyl (C=O) groups is 2. The van der Waals surface area contributed by atoms with Crippen LogP contribution in [0.4, 0.5) is 5.69 Å². The second kappa shape index (κ2) is 7.14. The maximum atomic E-state index is 11.4. The van der Waals surface area contributed by atoms with E-state index < -0.39 is 0 Å². The Morgan fingerprint density at radius 2 is 1.88 bits per heavy atom.